The van der Waals surface area contributed by atoms with Crippen molar-refractivity contribution in [1.29, 1.82) is 0 Å². The third-order valence-electron chi connectivity index (χ3n) is 3.77. The second kappa shape index (κ2) is 6.30. The molecule has 0 bridgehead atoms. The van der Waals surface area contributed by atoms with Crippen molar-refractivity contribution in [2.45, 2.75) is 38.3 Å². The number of benzene rings is 1. The smallest absolute Gasteiger partial charge is 0.223 e. The van der Waals surface area contributed by atoms with Crippen LogP contribution in [0, 0.1) is 18.3 Å². The molecule has 0 heterocycles. The van der Waals surface area contributed by atoms with Crippen LogP contribution in [-0.2, 0) is 4.79 Å². The predicted molar refractivity (Wildman–Crippen MR) is 79.3 cm³/mol. The molecule has 3 atom stereocenters. The van der Waals surface area contributed by atoms with Gasteiger partial charge in [0.05, 0.1) is 12.1 Å². The average molecular weight is 292 g/mol. The summed E-state index contributed by atoms with van der Waals surface area (Å²) in [6.45, 7) is 1.89. The lowest BCUT2D eigenvalue weighted by Crippen LogP contribution is -2.32. The zero-order valence-electron chi connectivity index (χ0n) is 11.4. The summed E-state index contributed by atoms with van der Waals surface area (Å²) in [6, 6.07) is 5.19. The summed E-state index contributed by atoms with van der Waals surface area (Å²) in [5.41, 5.74) is 1.56. The highest BCUT2D eigenvalue weighted by Crippen LogP contribution is 2.28. The summed E-state index contributed by atoms with van der Waals surface area (Å²) in [5, 5.41) is 13.0. The van der Waals surface area contributed by atoms with E-state index >= 15 is 0 Å². The van der Waals surface area contributed by atoms with Gasteiger partial charge in [-0.05, 0) is 43.9 Å². The Morgan fingerprint density at radius 2 is 2.30 bits per heavy atom. The zero-order valence-corrected chi connectivity index (χ0v) is 12.2. The summed E-state index contributed by atoms with van der Waals surface area (Å²) >= 11 is 6.18. The van der Waals surface area contributed by atoms with E-state index in [1.807, 2.05) is 19.1 Å². The predicted octanol–water partition coefficient (Wildman–Crippen LogP) is 2.66. The first-order chi connectivity index (χ1) is 9.51. The van der Waals surface area contributed by atoms with Gasteiger partial charge in [0.25, 0.3) is 0 Å². The van der Waals surface area contributed by atoms with E-state index in [9.17, 15) is 9.90 Å². The van der Waals surface area contributed by atoms with Gasteiger partial charge in [0.15, 0.2) is 0 Å². The fraction of sp³-hybridized carbons (Fsp3) is 0.438. The number of halogens is 1. The minimum absolute atomic E-state index is 0.0221. The van der Waals surface area contributed by atoms with E-state index in [4.69, 9.17) is 18.0 Å². The Hall–Kier alpha value is -1.50. The van der Waals surface area contributed by atoms with Crippen molar-refractivity contribution >= 4 is 17.5 Å². The lowest BCUT2D eigenvalue weighted by molar-refractivity contribution is -0.125. The van der Waals surface area contributed by atoms with Crippen molar-refractivity contribution in [3.05, 3.63) is 34.3 Å². The number of hydrogen-bond acceptors (Lipinski definition) is 2. The second-order valence-corrected chi connectivity index (χ2v) is 5.68. The molecule has 2 rings (SSSR count). The molecule has 1 aliphatic rings. The average Bonchev–Trinajstić information content (AvgIpc) is 2.85. The molecule has 0 aromatic heterocycles. The van der Waals surface area contributed by atoms with Gasteiger partial charge in [-0.15, -0.1) is 6.42 Å². The molecule has 0 spiro atoms. The Bertz CT molecular complexity index is 550. The van der Waals surface area contributed by atoms with Crippen LogP contribution in [0.5, 0.6) is 0 Å². The van der Waals surface area contributed by atoms with Crippen molar-refractivity contribution in [1.82, 2.24) is 5.32 Å². The molecule has 1 fully saturated rings. The van der Waals surface area contributed by atoms with E-state index in [0.29, 0.717) is 17.9 Å². The largest absolute Gasteiger partial charge is 0.393 e. The number of rotatable bonds is 3. The first-order valence-corrected chi connectivity index (χ1v) is 7.13. The second-order valence-electron chi connectivity index (χ2n) is 5.27. The summed E-state index contributed by atoms with van der Waals surface area (Å²) in [6.07, 6.45) is 6.95. The van der Waals surface area contributed by atoms with Gasteiger partial charge in [-0.2, -0.15) is 0 Å². The first-order valence-electron chi connectivity index (χ1n) is 6.75. The lowest BCUT2D eigenvalue weighted by atomic mass is 10.0. The molecule has 4 heteroatoms. The van der Waals surface area contributed by atoms with Crippen LogP contribution in [0.1, 0.15) is 43.4 Å². The summed E-state index contributed by atoms with van der Waals surface area (Å²) in [5.74, 6) is 2.40. The molecule has 1 amide bonds. The van der Waals surface area contributed by atoms with Crippen LogP contribution in [0.15, 0.2) is 18.2 Å². The first kappa shape index (κ1) is 14.9. The fourth-order valence-corrected chi connectivity index (χ4v) is 2.92. The molecule has 0 radical (unpaired) electrons. The molecule has 0 saturated heterocycles. The van der Waals surface area contributed by atoms with E-state index in [0.717, 1.165) is 17.5 Å². The Morgan fingerprint density at radius 3 is 2.85 bits per heavy atom. The Kier molecular flexibility index (Phi) is 4.69. The Morgan fingerprint density at radius 1 is 1.55 bits per heavy atom. The highest BCUT2D eigenvalue weighted by molar-refractivity contribution is 6.31. The third kappa shape index (κ3) is 3.33. The molecule has 1 aliphatic carbocycles. The molecule has 2 N–H and O–H groups in total. The van der Waals surface area contributed by atoms with Crippen molar-refractivity contribution in [3.63, 3.8) is 0 Å². The van der Waals surface area contributed by atoms with Crippen molar-refractivity contribution in [2.24, 2.45) is 5.92 Å². The van der Waals surface area contributed by atoms with Crippen LogP contribution in [-0.4, -0.2) is 17.1 Å². The number of hydrogen-bond donors (Lipinski definition) is 2. The zero-order chi connectivity index (χ0) is 14.7. The topological polar surface area (TPSA) is 49.3 Å². The van der Waals surface area contributed by atoms with Crippen LogP contribution < -0.4 is 5.32 Å². The van der Waals surface area contributed by atoms with Crippen molar-refractivity contribution in [2.75, 3.05) is 0 Å². The molecule has 0 aliphatic heterocycles. The van der Waals surface area contributed by atoms with Gasteiger partial charge in [-0.3, -0.25) is 4.79 Å². The van der Waals surface area contributed by atoms with Crippen LogP contribution in [0.2, 0.25) is 5.02 Å². The van der Waals surface area contributed by atoms with Gasteiger partial charge in [0.2, 0.25) is 5.91 Å². The van der Waals surface area contributed by atoms with Crippen LogP contribution in [0.4, 0.5) is 0 Å². The number of aliphatic hydroxyl groups is 1. The maximum Gasteiger partial charge on any atom is 0.223 e. The van der Waals surface area contributed by atoms with E-state index in [1.165, 1.54) is 0 Å². The maximum atomic E-state index is 12.1. The molecular formula is C16H18ClNO2. The summed E-state index contributed by atoms with van der Waals surface area (Å²) in [4.78, 5) is 12.1. The van der Waals surface area contributed by atoms with Crippen molar-refractivity contribution < 1.29 is 9.90 Å². The quantitative estimate of drug-likeness (QED) is 0.841. The van der Waals surface area contributed by atoms with Gasteiger partial charge in [0, 0.05) is 16.5 Å². The fourth-order valence-electron chi connectivity index (χ4n) is 2.57. The summed E-state index contributed by atoms with van der Waals surface area (Å²) < 4.78 is 0. The number of amides is 1. The minimum atomic E-state index is -0.348. The van der Waals surface area contributed by atoms with Gasteiger partial charge in [-0.25, -0.2) is 0 Å². The molecule has 20 heavy (non-hydrogen) atoms. The monoisotopic (exact) mass is 291 g/mol. The Balaban J connectivity index is 2.03. The minimum Gasteiger partial charge on any atom is -0.393 e. The van der Waals surface area contributed by atoms with E-state index in [1.54, 1.807) is 6.07 Å². The van der Waals surface area contributed by atoms with Gasteiger partial charge in [-0.1, -0.05) is 23.6 Å². The maximum absolute atomic E-state index is 12.1. The van der Waals surface area contributed by atoms with Gasteiger partial charge >= 0.3 is 0 Å². The van der Waals surface area contributed by atoms with Crippen LogP contribution in [0.25, 0.3) is 0 Å². The Labute approximate surface area is 124 Å². The number of carbonyl (C=O) groups excluding carboxylic acids is 1. The molecule has 1 aromatic carbocycles. The molecule has 106 valence electrons. The van der Waals surface area contributed by atoms with Crippen molar-refractivity contribution in [3.8, 4) is 12.3 Å². The number of aliphatic hydroxyl groups excluding tert-OH is 1. The summed E-state index contributed by atoms with van der Waals surface area (Å²) in [7, 11) is 0. The van der Waals surface area contributed by atoms with Gasteiger partial charge in [0.1, 0.15) is 0 Å². The number of nitrogens with one attached hydrogen (secondary N) is 1. The third-order valence-corrected chi connectivity index (χ3v) is 4.10. The van der Waals surface area contributed by atoms with Gasteiger partial charge < -0.3 is 10.4 Å². The normalized spacial score (nSPS) is 23.1. The highest BCUT2D eigenvalue weighted by Gasteiger charge is 2.29. The van der Waals surface area contributed by atoms with E-state index in [-0.39, 0.29) is 24.0 Å². The van der Waals surface area contributed by atoms with Crippen LogP contribution in [0.3, 0.4) is 0 Å². The standard InChI is InChI=1S/C16H18ClNO2/c1-3-11-4-7-14(15(17)8-11)10(2)18-16(20)12-5-6-13(19)9-12/h1,4,7-8,10,12-13,19H,5-6,9H2,2H3,(H,18,20)/t10?,12-,13-/m0/s1. The molecule has 3 nitrogen and oxygen atoms in total. The van der Waals surface area contributed by atoms with Crippen LogP contribution >= 0.6 is 11.6 Å². The highest BCUT2D eigenvalue weighted by atomic mass is 35.5. The number of terminal acetylenes is 1. The van der Waals surface area contributed by atoms with E-state index in [2.05, 4.69) is 11.2 Å². The molecular weight excluding hydrogens is 274 g/mol. The molecule has 1 saturated carbocycles. The SMILES string of the molecule is C#Cc1ccc(C(C)NC(=O)[C@H]2CC[C@H](O)C2)c(Cl)c1. The van der Waals surface area contributed by atoms with E-state index < -0.39 is 0 Å². The lowest BCUT2D eigenvalue weighted by Gasteiger charge is -2.18. The molecule has 1 aromatic rings. The number of carbonyl (C=O) groups is 1. The molecule has 1 unspecified atom stereocenters.